The number of urea groups is 1. The summed E-state index contributed by atoms with van der Waals surface area (Å²) in [6.45, 7) is 5.85. The Morgan fingerprint density at radius 2 is 2.00 bits per heavy atom. The summed E-state index contributed by atoms with van der Waals surface area (Å²) in [6, 6.07) is 7.36. The van der Waals surface area contributed by atoms with Gasteiger partial charge in [0, 0.05) is 55.4 Å². The number of H-pyrrole nitrogens is 2. The number of fused-ring (bicyclic) bond motifs is 1. The zero-order valence-electron chi connectivity index (χ0n) is 18.1. The minimum Gasteiger partial charge on any atom is -0.361 e. The third-order valence-electron chi connectivity index (χ3n) is 5.39. The number of para-hydroxylation sites is 1. The van der Waals surface area contributed by atoms with Crippen molar-refractivity contribution >= 4 is 28.8 Å². The van der Waals surface area contributed by atoms with E-state index in [1.54, 1.807) is 6.20 Å². The maximum Gasteiger partial charge on any atom is 0.316 e. The summed E-state index contributed by atoms with van der Waals surface area (Å²) in [5, 5.41) is 19.6. The zero-order chi connectivity index (χ0) is 22.3. The van der Waals surface area contributed by atoms with E-state index in [9.17, 15) is 9.59 Å². The van der Waals surface area contributed by atoms with Crippen molar-refractivity contribution in [1.82, 2.24) is 41.4 Å². The van der Waals surface area contributed by atoms with Crippen molar-refractivity contribution in [1.29, 1.82) is 0 Å². The molecule has 3 amide bonds. The number of carbonyl (C=O) groups excluding carboxylic acids is 2. The van der Waals surface area contributed by atoms with E-state index in [0.717, 1.165) is 55.5 Å². The van der Waals surface area contributed by atoms with Gasteiger partial charge in [-0.25, -0.2) is 4.79 Å². The number of nitrogens with one attached hydrogen (secondary N) is 6. The molecule has 1 aliphatic heterocycles. The molecule has 1 aliphatic rings. The van der Waals surface area contributed by atoms with Gasteiger partial charge in [-0.05, 0) is 12.5 Å². The van der Waals surface area contributed by atoms with E-state index in [1.165, 1.54) is 0 Å². The molecule has 0 bridgehead atoms. The van der Waals surface area contributed by atoms with Crippen molar-refractivity contribution in [2.75, 3.05) is 37.6 Å². The maximum absolute atomic E-state index is 13.0. The summed E-state index contributed by atoms with van der Waals surface area (Å²) in [5.74, 6) is 0.130. The number of nitrogens with zero attached hydrogens (tertiary/aromatic N) is 3. The highest BCUT2D eigenvalue weighted by Crippen LogP contribution is 2.23. The third-order valence-corrected chi connectivity index (χ3v) is 5.39. The Balaban J connectivity index is 1.51. The van der Waals surface area contributed by atoms with E-state index in [-0.39, 0.29) is 11.9 Å². The summed E-state index contributed by atoms with van der Waals surface area (Å²) < 4.78 is 0. The zero-order valence-corrected chi connectivity index (χ0v) is 18.1. The molecule has 4 rings (SSSR count). The topological polar surface area (TPSA) is 143 Å². The fourth-order valence-corrected chi connectivity index (χ4v) is 3.65. The number of anilines is 1. The van der Waals surface area contributed by atoms with E-state index in [0.29, 0.717) is 12.5 Å². The summed E-state index contributed by atoms with van der Waals surface area (Å²) >= 11 is 0. The number of unbranched alkanes of at least 4 members (excludes halogenated alkanes) is 1. The lowest BCUT2D eigenvalue weighted by Crippen LogP contribution is -2.45. The van der Waals surface area contributed by atoms with Gasteiger partial charge >= 0.3 is 6.03 Å². The fourth-order valence-electron chi connectivity index (χ4n) is 3.65. The molecule has 0 spiro atoms. The van der Waals surface area contributed by atoms with Gasteiger partial charge in [0.05, 0.1) is 0 Å². The standard InChI is InChI=1S/C21H29N9O2/c1-2-3-8-23-21(32)27-17(15-13-24-16-7-5-4-6-14(15)16)25-19(31)18-26-20(29-28-18)30-11-9-22-10-12-30/h4-7,13,17,22,24H,2-3,8-12H2,1H3,(H,25,31)(H2,23,27,32)(H,26,28,29). The average molecular weight is 440 g/mol. The quantitative estimate of drug-likeness (QED) is 0.230. The third kappa shape index (κ3) is 4.99. The number of carbonyl (C=O) groups is 2. The lowest BCUT2D eigenvalue weighted by Gasteiger charge is -2.25. The van der Waals surface area contributed by atoms with E-state index < -0.39 is 12.1 Å². The average Bonchev–Trinajstić information content (AvgIpc) is 3.47. The first-order valence-electron chi connectivity index (χ1n) is 10.9. The molecule has 3 aromatic rings. The van der Waals surface area contributed by atoms with Crippen LogP contribution in [0.15, 0.2) is 30.5 Å². The van der Waals surface area contributed by atoms with Gasteiger partial charge in [-0.1, -0.05) is 31.5 Å². The molecule has 1 atom stereocenters. The lowest BCUT2D eigenvalue weighted by molar-refractivity contribution is 0.0922. The molecule has 0 saturated carbocycles. The second kappa shape index (κ2) is 10.1. The van der Waals surface area contributed by atoms with Crippen LogP contribution in [0, 0.1) is 0 Å². The van der Waals surface area contributed by atoms with Crippen LogP contribution < -0.4 is 26.2 Å². The van der Waals surface area contributed by atoms with Crippen molar-refractivity contribution in [2.24, 2.45) is 0 Å². The minimum atomic E-state index is -0.756. The highest BCUT2D eigenvalue weighted by molar-refractivity contribution is 5.92. The van der Waals surface area contributed by atoms with Gasteiger partial charge in [0.2, 0.25) is 11.8 Å². The van der Waals surface area contributed by atoms with Gasteiger partial charge in [-0.2, -0.15) is 4.98 Å². The number of hydrogen-bond acceptors (Lipinski definition) is 6. The van der Waals surface area contributed by atoms with Gasteiger partial charge in [0.15, 0.2) is 0 Å². The smallest absolute Gasteiger partial charge is 0.316 e. The monoisotopic (exact) mass is 439 g/mol. The normalized spacial score (nSPS) is 14.8. The predicted octanol–water partition coefficient (Wildman–Crippen LogP) is 1.22. The molecule has 0 radical (unpaired) electrons. The summed E-state index contributed by atoms with van der Waals surface area (Å²) in [4.78, 5) is 35.0. The lowest BCUT2D eigenvalue weighted by atomic mass is 10.1. The molecule has 2 aromatic heterocycles. The number of benzene rings is 1. The second-order valence-corrected chi connectivity index (χ2v) is 7.67. The second-order valence-electron chi connectivity index (χ2n) is 7.67. The molecule has 11 heteroatoms. The molecule has 1 saturated heterocycles. The molecule has 3 heterocycles. The number of amides is 3. The number of piperazine rings is 1. The summed E-state index contributed by atoms with van der Waals surface area (Å²) in [7, 11) is 0. The molecule has 6 N–H and O–H groups in total. The highest BCUT2D eigenvalue weighted by Gasteiger charge is 2.24. The van der Waals surface area contributed by atoms with Gasteiger partial charge in [0.25, 0.3) is 5.91 Å². The summed E-state index contributed by atoms with van der Waals surface area (Å²) in [5.41, 5.74) is 1.66. The van der Waals surface area contributed by atoms with Crippen LogP contribution >= 0.6 is 0 Å². The van der Waals surface area contributed by atoms with E-state index in [4.69, 9.17) is 0 Å². The van der Waals surface area contributed by atoms with E-state index >= 15 is 0 Å². The number of aromatic nitrogens is 4. The summed E-state index contributed by atoms with van der Waals surface area (Å²) in [6.07, 6.45) is 2.89. The molecule has 1 unspecified atom stereocenters. The van der Waals surface area contributed by atoms with Crippen LogP contribution in [0.4, 0.5) is 10.7 Å². The Kier molecular flexibility index (Phi) is 6.85. The fraction of sp³-hybridized carbons (Fsp3) is 0.429. The Labute approximate surface area is 185 Å². The van der Waals surface area contributed by atoms with E-state index in [1.807, 2.05) is 29.2 Å². The van der Waals surface area contributed by atoms with Crippen molar-refractivity contribution in [3.8, 4) is 0 Å². The van der Waals surface area contributed by atoms with Gasteiger partial charge in [-0.3, -0.25) is 9.89 Å². The Bertz CT molecular complexity index is 1050. The number of hydrogen-bond donors (Lipinski definition) is 6. The molecular weight excluding hydrogens is 410 g/mol. The molecule has 1 fully saturated rings. The predicted molar refractivity (Wildman–Crippen MR) is 121 cm³/mol. The van der Waals surface area contributed by atoms with E-state index in [2.05, 4.69) is 48.4 Å². The minimum absolute atomic E-state index is 0.0940. The van der Waals surface area contributed by atoms with Gasteiger partial charge < -0.3 is 31.2 Å². The molecule has 11 nitrogen and oxygen atoms in total. The van der Waals surface area contributed by atoms with Crippen LogP contribution in [0.2, 0.25) is 0 Å². The van der Waals surface area contributed by atoms with Crippen LogP contribution in [0.1, 0.15) is 42.1 Å². The Morgan fingerprint density at radius 3 is 2.81 bits per heavy atom. The molecular formula is C21H29N9O2. The maximum atomic E-state index is 13.0. The largest absolute Gasteiger partial charge is 0.361 e. The first-order valence-corrected chi connectivity index (χ1v) is 10.9. The van der Waals surface area contributed by atoms with Crippen LogP contribution in [-0.4, -0.2) is 64.8 Å². The van der Waals surface area contributed by atoms with Crippen molar-refractivity contribution in [3.05, 3.63) is 41.9 Å². The van der Waals surface area contributed by atoms with Gasteiger partial charge in [-0.15, -0.1) is 5.10 Å². The molecule has 32 heavy (non-hydrogen) atoms. The van der Waals surface area contributed by atoms with Crippen LogP contribution in [0.3, 0.4) is 0 Å². The first kappa shape index (κ1) is 21.6. The number of rotatable bonds is 8. The van der Waals surface area contributed by atoms with Crippen LogP contribution in [0.25, 0.3) is 10.9 Å². The molecule has 0 aliphatic carbocycles. The molecule has 1 aromatic carbocycles. The SMILES string of the molecule is CCCCNC(=O)NC(NC(=O)c1nc(N2CCNCC2)n[nH]1)c1c[nH]c2ccccc12. The molecule has 170 valence electrons. The van der Waals surface area contributed by atoms with Crippen molar-refractivity contribution in [2.45, 2.75) is 25.9 Å². The van der Waals surface area contributed by atoms with Gasteiger partial charge in [0.1, 0.15) is 6.17 Å². The van der Waals surface area contributed by atoms with Crippen molar-refractivity contribution < 1.29 is 9.59 Å². The highest BCUT2D eigenvalue weighted by atomic mass is 16.2. The van der Waals surface area contributed by atoms with Crippen LogP contribution in [-0.2, 0) is 0 Å². The Hall–Kier alpha value is -3.60. The first-order chi connectivity index (χ1) is 15.7. The van der Waals surface area contributed by atoms with Crippen LogP contribution in [0.5, 0.6) is 0 Å². The number of aromatic amines is 2. The Morgan fingerprint density at radius 1 is 1.19 bits per heavy atom. The van der Waals surface area contributed by atoms with Crippen molar-refractivity contribution in [3.63, 3.8) is 0 Å².